The number of hydrogen-bond donors (Lipinski definition) is 0. The van der Waals surface area contributed by atoms with Crippen LogP contribution in [0, 0.1) is 6.92 Å². The Morgan fingerprint density at radius 3 is 2.41 bits per heavy atom. The molecule has 1 aliphatic heterocycles. The van der Waals surface area contributed by atoms with Gasteiger partial charge in [-0.15, -0.1) is 0 Å². The average molecular weight is 434 g/mol. The molecule has 0 spiro atoms. The van der Waals surface area contributed by atoms with Crippen LogP contribution >= 0.6 is 0 Å². The maximum atomic E-state index is 12.5. The summed E-state index contributed by atoms with van der Waals surface area (Å²) in [6.45, 7) is 6.56. The van der Waals surface area contributed by atoms with Crippen LogP contribution in [0.25, 0.3) is 22.3 Å². The van der Waals surface area contributed by atoms with Gasteiger partial charge in [0, 0.05) is 11.6 Å². The first kappa shape index (κ1) is 22.6. The van der Waals surface area contributed by atoms with Gasteiger partial charge in [0.2, 0.25) is 0 Å². The Labute approximate surface area is 191 Å². The first-order chi connectivity index (χ1) is 15.7. The van der Waals surface area contributed by atoms with Gasteiger partial charge in [0.05, 0.1) is 12.0 Å². The molecule has 2 heterocycles. The number of rotatable bonds is 9. The highest BCUT2D eigenvalue weighted by Crippen LogP contribution is 2.25. The van der Waals surface area contributed by atoms with Crippen molar-refractivity contribution in [1.82, 2.24) is 4.90 Å². The van der Waals surface area contributed by atoms with Gasteiger partial charge >= 0.3 is 0 Å². The smallest absolute Gasteiger partial charge is 0.193 e. The van der Waals surface area contributed by atoms with Crippen LogP contribution in [0.1, 0.15) is 56.9 Å². The van der Waals surface area contributed by atoms with Gasteiger partial charge in [-0.3, -0.25) is 4.79 Å². The van der Waals surface area contributed by atoms with E-state index in [2.05, 4.69) is 4.90 Å². The highest BCUT2D eigenvalue weighted by molar-refractivity contribution is 5.79. The third-order valence-electron chi connectivity index (χ3n) is 6.36. The van der Waals surface area contributed by atoms with Crippen molar-refractivity contribution < 1.29 is 9.15 Å². The maximum Gasteiger partial charge on any atom is 0.193 e. The highest BCUT2D eigenvalue weighted by atomic mass is 16.5. The topological polar surface area (TPSA) is 42.7 Å². The number of hydrogen-bond acceptors (Lipinski definition) is 4. The largest absolute Gasteiger partial charge is 0.494 e. The van der Waals surface area contributed by atoms with E-state index in [1.807, 2.05) is 49.4 Å². The summed E-state index contributed by atoms with van der Waals surface area (Å²) >= 11 is 0. The summed E-state index contributed by atoms with van der Waals surface area (Å²) in [6.07, 6.45) is 10.4. The number of unbranched alkanes of at least 4 members (excludes halogenated alkanes) is 3. The lowest BCUT2D eigenvalue weighted by Crippen LogP contribution is -2.25. The molecule has 0 aliphatic carbocycles. The Morgan fingerprint density at radius 1 is 0.875 bits per heavy atom. The van der Waals surface area contributed by atoms with E-state index in [-0.39, 0.29) is 5.43 Å². The molecule has 1 aliphatic rings. The Kier molecular flexibility index (Phi) is 8.00. The molecule has 3 aromatic rings. The van der Waals surface area contributed by atoms with Gasteiger partial charge in [-0.1, -0.05) is 37.3 Å². The lowest BCUT2D eigenvalue weighted by Gasteiger charge is -2.19. The minimum Gasteiger partial charge on any atom is -0.494 e. The van der Waals surface area contributed by atoms with Gasteiger partial charge in [0.25, 0.3) is 0 Å². The molecule has 0 N–H and O–H groups in total. The molecule has 0 bridgehead atoms. The van der Waals surface area contributed by atoms with Gasteiger partial charge in [0.1, 0.15) is 17.1 Å². The fraction of sp³-hybridized carbons (Fsp3) is 0.464. The first-order valence-electron chi connectivity index (χ1n) is 12.2. The molecule has 1 fully saturated rings. The number of aryl methyl sites for hydroxylation is 1. The van der Waals surface area contributed by atoms with Crippen molar-refractivity contribution in [2.75, 3.05) is 26.2 Å². The zero-order valence-corrected chi connectivity index (χ0v) is 19.3. The van der Waals surface area contributed by atoms with Crippen molar-refractivity contribution in [3.63, 3.8) is 0 Å². The molecule has 32 heavy (non-hydrogen) atoms. The van der Waals surface area contributed by atoms with E-state index in [4.69, 9.17) is 9.15 Å². The van der Waals surface area contributed by atoms with Crippen LogP contribution in [0.5, 0.6) is 5.75 Å². The molecule has 4 nitrogen and oxygen atoms in total. The van der Waals surface area contributed by atoms with E-state index >= 15 is 0 Å². The zero-order chi connectivity index (χ0) is 22.2. The van der Waals surface area contributed by atoms with Crippen LogP contribution in [0.3, 0.4) is 0 Å². The minimum absolute atomic E-state index is 0.0129. The number of benzene rings is 2. The molecule has 0 atom stereocenters. The normalized spacial score (nSPS) is 15.0. The number of fused-ring (bicyclic) bond motifs is 1. The predicted molar refractivity (Wildman–Crippen MR) is 132 cm³/mol. The van der Waals surface area contributed by atoms with Crippen LogP contribution in [-0.4, -0.2) is 31.1 Å². The summed E-state index contributed by atoms with van der Waals surface area (Å²) in [5.41, 5.74) is 2.54. The summed E-state index contributed by atoms with van der Waals surface area (Å²) in [5, 5.41) is 0.625. The number of likely N-dealkylation sites (tertiary alicyclic amines) is 1. The summed E-state index contributed by atoms with van der Waals surface area (Å²) < 4.78 is 11.9. The molecule has 4 rings (SSSR count). The van der Waals surface area contributed by atoms with E-state index in [9.17, 15) is 4.79 Å². The molecular weight excluding hydrogens is 398 g/mol. The minimum atomic E-state index is -0.0129. The van der Waals surface area contributed by atoms with E-state index < -0.39 is 0 Å². The van der Waals surface area contributed by atoms with E-state index in [0.717, 1.165) is 29.9 Å². The second-order valence-corrected chi connectivity index (χ2v) is 9.02. The molecule has 0 radical (unpaired) electrons. The summed E-state index contributed by atoms with van der Waals surface area (Å²) in [6, 6.07) is 15.1. The second kappa shape index (κ2) is 11.3. The van der Waals surface area contributed by atoms with Crippen molar-refractivity contribution in [2.45, 2.75) is 58.3 Å². The van der Waals surface area contributed by atoms with Gasteiger partial charge in [-0.05, 0) is 88.6 Å². The van der Waals surface area contributed by atoms with Gasteiger partial charge in [-0.2, -0.15) is 0 Å². The molecular formula is C28H35NO3. The Hall–Kier alpha value is -2.59. The maximum absolute atomic E-state index is 12.5. The summed E-state index contributed by atoms with van der Waals surface area (Å²) in [7, 11) is 0. The molecule has 1 aromatic heterocycles. The summed E-state index contributed by atoms with van der Waals surface area (Å²) in [4.78, 5) is 15.1. The van der Waals surface area contributed by atoms with Gasteiger partial charge in [-0.25, -0.2) is 0 Å². The zero-order valence-electron chi connectivity index (χ0n) is 19.3. The van der Waals surface area contributed by atoms with E-state index in [1.165, 1.54) is 64.6 Å². The predicted octanol–water partition coefficient (Wildman–Crippen LogP) is 6.58. The van der Waals surface area contributed by atoms with Crippen molar-refractivity contribution in [3.05, 3.63) is 64.3 Å². The molecule has 2 aromatic carbocycles. The molecule has 1 saturated heterocycles. The Morgan fingerprint density at radius 2 is 1.62 bits per heavy atom. The lowest BCUT2D eigenvalue weighted by molar-refractivity contribution is 0.272. The van der Waals surface area contributed by atoms with Crippen LogP contribution < -0.4 is 10.2 Å². The average Bonchev–Trinajstić information content (AvgIpc) is 3.08. The Bertz CT molecular complexity index is 1050. The summed E-state index contributed by atoms with van der Waals surface area (Å²) in [5.74, 6) is 1.44. The van der Waals surface area contributed by atoms with E-state index in [0.29, 0.717) is 16.7 Å². The molecule has 0 unspecified atom stereocenters. The number of nitrogens with zero attached hydrogens (tertiary/aromatic N) is 1. The van der Waals surface area contributed by atoms with Gasteiger partial charge < -0.3 is 14.1 Å². The molecule has 0 amide bonds. The third kappa shape index (κ3) is 6.23. The standard InChI is InChI=1S/C28H35NO3/c1-22-10-15-27-25(20-22)26(30)21-28(32-27)23-11-13-24(14-12-23)31-19-9-5-4-8-18-29-16-6-2-3-7-17-29/h10-15,20-21H,2-9,16-19H2,1H3. The molecule has 0 saturated carbocycles. The lowest BCUT2D eigenvalue weighted by atomic mass is 10.1. The van der Waals surface area contributed by atoms with Crippen molar-refractivity contribution in [1.29, 1.82) is 0 Å². The fourth-order valence-electron chi connectivity index (χ4n) is 4.47. The van der Waals surface area contributed by atoms with Crippen molar-refractivity contribution in [2.24, 2.45) is 0 Å². The quantitative estimate of drug-likeness (QED) is 0.357. The molecule has 4 heteroatoms. The Balaban J connectivity index is 1.21. The van der Waals surface area contributed by atoms with Crippen molar-refractivity contribution in [3.8, 4) is 17.1 Å². The SMILES string of the molecule is Cc1ccc2oc(-c3ccc(OCCCCCCN4CCCCCC4)cc3)cc(=O)c2c1. The third-order valence-corrected chi connectivity index (χ3v) is 6.36. The van der Waals surface area contributed by atoms with Crippen LogP contribution in [0.4, 0.5) is 0 Å². The van der Waals surface area contributed by atoms with Crippen LogP contribution in [0.2, 0.25) is 0 Å². The second-order valence-electron chi connectivity index (χ2n) is 9.02. The fourth-order valence-corrected chi connectivity index (χ4v) is 4.47. The highest BCUT2D eigenvalue weighted by Gasteiger charge is 2.09. The monoisotopic (exact) mass is 433 g/mol. The van der Waals surface area contributed by atoms with Gasteiger partial charge in [0.15, 0.2) is 5.43 Å². The van der Waals surface area contributed by atoms with E-state index in [1.54, 1.807) is 6.07 Å². The van der Waals surface area contributed by atoms with Crippen LogP contribution in [-0.2, 0) is 0 Å². The first-order valence-corrected chi connectivity index (χ1v) is 12.2. The van der Waals surface area contributed by atoms with Crippen LogP contribution in [0.15, 0.2) is 57.7 Å². The van der Waals surface area contributed by atoms with Crippen molar-refractivity contribution >= 4 is 11.0 Å². The molecule has 170 valence electrons. The number of ether oxygens (including phenoxy) is 1.